The molecule has 0 bridgehead atoms. The number of anilines is 1. The number of rotatable bonds is 7. The molecule has 2 aromatic rings. The van der Waals surface area contributed by atoms with Crippen molar-refractivity contribution in [3.8, 4) is 0 Å². The van der Waals surface area contributed by atoms with Gasteiger partial charge in [0.05, 0.1) is 24.0 Å². The number of carboxylic acid groups (broad SMARTS) is 1. The minimum absolute atomic E-state index is 0.0225. The molecule has 1 aromatic carbocycles. The smallest absolute Gasteiger partial charge is 0.341 e. The molecule has 1 aromatic heterocycles. The van der Waals surface area contributed by atoms with Crippen LogP contribution in [0.1, 0.15) is 67.3 Å². The molecule has 3 atom stereocenters. The highest BCUT2D eigenvalue weighted by Gasteiger charge is 2.38. The lowest BCUT2D eigenvalue weighted by molar-refractivity contribution is -0.146. The highest BCUT2D eigenvalue weighted by Crippen LogP contribution is 2.39. The second kappa shape index (κ2) is 10.1. The molecule has 7 heteroatoms. The Morgan fingerprint density at radius 1 is 1.12 bits per heavy atom. The van der Waals surface area contributed by atoms with Gasteiger partial charge in [-0.3, -0.25) is 9.59 Å². The third-order valence-electron chi connectivity index (χ3n) is 6.13. The zero-order chi connectivity index (χ0) is 23.4. The van der Waals surface area contributed by atoms with E-state index in [1.54, 1.807) is 13.0 Å². The summed E-state index contributed by atoms with van der Waals surface area (Å²) in [6, 6.07) is 11.7. The van der Waals surface area contributed by atoms with E-state index in [1.807, 2.05) is 51.1 Å². The molecule has 0 saturated heterocycles. The van der Waals surface area contributed by atoms with Crippen LogP contribution in [0.4, 0.5) is 5.00 Å². The Kier molecular flexibility index (Phi) is 7.51. The maximum Gasteiger partial charge on any atom is 0.341 e. The summed E-state index contributed by atoms with van der Waals surface area (Å²) in [4.78, 5) is 38.5. The summed E-state index contributed by atoms with van der Waals surface area (Å²) in [7, 11) is 0. The molecule has 1 aliphatic carbocycles. The van der Waals surface area contributed by atoms with Crippen molar-refractivity contribution in [2.24, 2.45) is 11.8 Å². The fourth-order valence-corrected chi connectivity index (χ4v) is 5.14. The van der Waals surface area contributed by atoms with Gasteiger partial charge in [-0.25, -0.2) is 4.79 Å². The van der Waals surface area contributed by atoms with Gasteiger partial charge in [-0.1, -0.05) is 48.4 Å². The van der Waals surface area contributed by atoms with Gasteiger partial charge in [0.15, 0.2) is 0 Å². The first-order valence-corrected chi connectivity index (χ1v) is 11.6. The van der Waals surface area contributed by atoms with Gasteiger partial charge in [0.25, 0.3) is 0 Å². The molecular weight excluding hydrogens is 426 g/mol. The number of ether oxygens (including phenoxy) is 1. The minimum Gasteiger partial charge on any atom is -0.481 e. The van der Waals surface area contributed by atoms with E-state index in [-0.39, 0.29) is 18.4 Å². The van der Waals surface area contributed by atoms with Crippen molar-refractivity contribution >= 4 is 34.2 Å². The van der Waals surface area contributed by atoms with Crippen molar-refractivity contribution in [2.75, 3.05) is 11.9 Å². The van der Waals surface area contributed by atoms with Crippen molar-refractivity contribution in [3.63, 3.8) is 0 Å². The Hall–Kier alpha value is -2.93. The van der Waals surface area contributed by atoms with E-state index in [0.717, 1.165) is 21.6 Å². The zero-order valence-electron chi connectivity index (χ0n) is 18.8. The molecule has 1 heterocycles. The summed E-state index contributed by atoms with van der Waals surface area (Å²) >= 11 is 1.33. The summed E-state index contributed by atoms with van der Waals surface area (Å²) in [5, 5.41) is 12.9. The minimum atomic E-state index is -0.979. The number of esters is 1. The van der Waals surface area contributed by atoms with E-state index in [2.05, 4.69) is 5.32 Å². The largest absolute Gasteiger partial charge is 0.481 e. The molecule has 0 saturated carbocycles. The van der Waals surface area contributed by atoms with E-state index in [4.69, 9.17) is 4.74 Å². The molecule has 0 spiro atoms. The highest BCUT2D eigenvalue weighted by atomic mass is 32.1. The van der Waals surface area contributed by atoms with E-state index in [1.165, 1.54) is 11.3 Å². The molecule has 0 unspecified atom stereocenters. The number of aliphatic carboxylic acids is 1. The number of carboxylic acids is 1. The van der Waals surface area contributed by atoms with Crippen LogP contribution in [0.3, 0.4) is 0 Å². The van der Waals surface area contributed by atoms with Crippen LogP contribution in [-0.2, 0) is 14.3 Å². The Balaban J connectivity index is 1.92. The lowest BCUT2D eigenvalue weighted by Gasteiger charge is -2.29. The molecule has 1 aliphatic rings. The number of hydrogen-bond acceptors (Lipinski definition) is 5. The summed E-state index contributed by atoms with van der Waals surface area (Å²) in [5.41, 5.74) is 3.45. The number of carbonyl (C=O) groups is 3. The first-order chi connectivity index (χ1) is 15.2. The Morgan fingerprint density at radius 2 is 1.75 bits per heavy atom. The monoisotopic (exact) mass is 455 g/mol. The molecule has 0 fully saturated rings. The molecule has 2 N–H and O–H groups in total. The van der Waals surface area contributed by atoms with Crippen LogP contribution in [0.5, 0.6) is 0 Å². The van der Waals surface area contributed by atoms with Crippen LogP contribution < -0.4 is 5.32 Å². The van der Waals surface area contributed by atoms with E-state index in [9.17, 15) is 19.5 Å². The standard InChI is InChI=1S/C25H29NO5S/c1-5-31-25(30)20-13-21(16(4)17-9-7-6-8-10-17)32-23(20)26-22(27)18-11-14(2)15(3)12-19(18)24(28)29/h6-10,13,16,18-19H,5,11-12H2,1-4H3,(H,26,27)(H,28,29)/t16-,18+,19+/m0/s1. The number of allylic oxidation sites excluding steroid dienone is 2. The molecule has 32 heavy (non-hydrogen) atoms. The molecule has 3 rings (SSSR count). The third kappa shape index (κ3) is 5.10. The van der Waals surface area contributed by atoms with Gasteiger partial charge in [-0.15, -0.1) is 11.3 Å². The summed E-state index contributed by atoms with van der Waals surface area (Å²) in [6.07, 6.45) is 0.743. The SMILES string of the molecule is CCOC(=O)c1cc([C@@H](C)c2ccccc2)sc1NC(=O)[C@@H]1CC(C)=C(C)C[C@H]1C(=O)O. The number of benzene rings is 1. The van der Waals surface area contributed by atoms with Crippen molar-refractivity contribution in [3.05, 3.63) is 63.5 Å². The maximum atomic E-state index is 13.2. The third-order valence-corrected chi connectivity index (χ3v) is 7.36. The Morgan fingerprint density at radius 3 is 2.34 bits per heavy atom. The van der Waals surface area contributed by atoms with E-state index in [0.29, 0.717) is 23.4 Å². The van der Waals surface area contributed by atoms with Crippen molar-refractivity contribution in [1.29, 1.82) is 0 Å². The maximum absolute atomic E-state index is 13.2. The first-order valence-electron chi connectivity index (χ1n) is 10.8. The number of carbonyl (C=O) groups excluding carboxylic acids is 2. The summed E-state index contributed by atoms with van der Waals surface area (Å²) in [5.74, 6) is -3.32. The quantitative estimate of drug-likeness (QED) is 0.427. The van der Waals surface area contributed by atoms with Crippen molar-refractivity contribution in [1.82, 2.24) is 0 Å². The predicted molar refractivity (Wildman–Crippen MR) is 125 cm³/mol. The zero-order valence-corrected chi connectivity index (χ0v) is 19.6. The first kappa shape index (κ1) is 23.7. The molecular formula is C25H29NO5S. The second-order valence-corrected chi connectivity index (χ2v) is 9.34. The lowest BCUT2D eigenvalue weighted by Crippen LogP contribution is -2.36. The fraction of sp³-hybridized carbons (Fsp3) is 0.400. The van der Waals surface area contributed by atoms with Gasteiger partial charge in [0.1, 0.15) is 5.00 Å². The van der Waals surface area contributed by atoms with Crippen LogP contribution >= 0.6 is 11.3 Å². The molecule has 0 radical (unpaired) electrons. The van der Waals surface area contributed by atoms with Gasteiger partial charge in [0.2, 0.25) is 5.91 Å². The van der Waals surface area contributed by atoms with E-state index < -0.39 is 23.8 Å². The molecule has 1 amide bonds. The van der Waals surface area contributed by atoms with Crippen molar-refractivity contribution in [2.45, 2.75) is 46.5 Å². The summed E-state index contributed by atoms with van der Waals surface area (Å²) < 4.78 is 5.20. The fourth-order valence-electron chi connectivity index (χ4n) is 4.01. The van der Waals surface area contributed by atoms with Crippen LogP contribution in [0.25, 0.3) is 0 Å². The number of nitrogens with one attached hydrogen (secondary N) is 1. The molecule has 6 nitrogen and oxygen atoms in total. The van der Waals surface area contributed by atoms with Gasteiger partial charge in [-0.05, 0) is 45.2 Å². The topological polar surface area (TPSA) is 92.7 Å². The molecule has 0 aliphatic heterocycles. The number of amides is 1. The second-order valence-electron chi connectivity index (χ2n) is 8.25. The normalized spacial score (nSPS) is 19.4. The van der Waals surface area contributed by atoms with Gasteiger partial charge >= 0.3 is 11.9 Å². The average molecular weight is 456 g/mol. The average Bonchev–Trinajstić information content (AvgIpc) is 3.19. The van der Waals surface area contributed by atoms with Crippen LogP contribution in [0.15, 0.2) is 47.5 Å². The lowest BCUT2D eigenvalue weighted by atomic mass is 9.76. The summed E-state index contributed by atoms with van der Waals surface area (Å²) in [6.45, 7) is 7.84. The van der Waals surface area contributed by atoms with Gasteiger partial charge in [0, 0.05) is 10.8 Å². The Bertz CT molecular complexity index is 1040. The van der Waals surface area contributed by atoms with Crippen LogP contribution in [0, 0.1) is 11.8 Å². The Labute approximate surface area is 192 Å². The van der Waals surface area contributed by atoms with Crippen LogP contribution in [-0.4, -0.2) is 29.6 Å². The number of thiophene rings is 1. The highest BCUT2D eigenvalue weighted by molar-refractivity contribution is 7.16. The predicted octanol–water partition coefficient (Wildman–Crippen LogP) is 5.46. The van der Waals surface area contributed by atoms with E-state index >= 15 is 0 Å². The number of hydrogen-bond donors (Lipinski definition) is 2. The van der Waals surface area contributed by atoms with Crippen molar-refractivity contribution < 1.29 is 24.2 Å². The van der Waals surface area contributed by atoms with Gasteiger partial charge in [-0.2, -0.15) is 0 Å². The van der Waals surface area contributed by atoms with Crippen LogP contribution in [0.2, 0.25) is 0 Å². The molecule has 170 valence electrons. The van der Waals surface area contributed by atoms with Gasteiger partial charge < -0.3 is 15.2 Å².